The summed E-state index contributed by atoms with van der Waals surface area (Å²) in [6.45, 7) is 11.7. The first-order valence-corrected chi connectivity index (χ1v) is 19.9. The molecule has 0 saturated heterocycles. The van der Waals surface area contributed by atoms with Gasteiger partial charge in [0.05, 0.1) is 31.5 Å². The van der Waals surface area contributed by atoms with Gasteiger partial charge in [-0.25, -0.2) is 4.79 Å². The number of aliphatic hydroxyl groups excluding tert-OH is 2. The molecule has 1 saturated carbocycles. The largest absolute Gasteiger partial charge is 0.490 e. The average Bonchev–Trinajstić information content (AvgIpc) is 3.20. The molecule has 0 spiro atoms. The smallest absolute Gasteiger partial charge is 0.410 e. The number of oxime groups is 1. The summed E-state index contributed by atoms with van der Waals surface area (Å²) in [7, 11) is 1.54. The fraction of sp³-hybridized carbons (Fsp3) is 0.545. The predicted octanol–water partition coefficient (Wildman–Crippen LogP) is 7.58. The Morgan fingerprint density at radius 2 is 1.78 bits per heavy atom. The highest BCUT2D eigenvalue weighted by molar-refractivity contribution is 6.02. The van der Waals surface area contributed by atoms with Crippen LogP contribution in [0.3, 0.4) is 0 Å². The highest BCUT2D eigenvalue weighted by atomic mass is 16.7. The maximum Gasteiger partial charge on any atom is 0.410 e. The fourth-order valence-corrected chi connectivity index (χ4v) is 8.65. The van der Waals surface area contributed by atoms with Crippen molar-refractivity contribution in [2.45, 2.75) is 82.6 Å². The van der Waals surface area contributed by atoms with E-state index >= 15 is 0 Å². The summed E-state index contributed by atoms with van der Waals surface area (Å²) in [5, 5.41) is 24.2. The highest BCUT2D eigenvalue weighted by Crippen LogP contribution is 2.62. The first-order valence-electron chi connectivity index (χ1n) is 19.9. The Morgan fingerprint density at radius 1 is 1.02 bits per heavy atom. The minimum Gasteiger partial charge on any atom is -0.490 e. The van der Waals surface area contributed by atoms with E-state index in [-0.39, 0.29) is 50.8 Å². The number of ether oxygens (including phenoxy) is 5. The summed E-state index contributed by atoms with van der Waals surface area (Å²) < 4.78 is 32.0. The SMILES string of the molecule is C=CCOc1ccc2c(c1)C1C(CCCCO)C(CCCCO)C=C3C(=NOC)CC(N(CCC)C(=O)OCCOCc4ccccc4)C(OCC=C)(O2)C31. The van der Waals surface area contributed by atoms with Gasteiger partial charge < -0.3 is 38.7 Å². The molecule has 1 heterocycles. The summed E-state index contributed by atoms with van der Waals surface area (Å²) in [6, 6.07) is 15.1. The zero-order valence-electron chi connectivity index (χ0n) is 32.6. The van der Waals surface area contributed by atoms with Gasteiger partial charge in [-0.05, 0) is 73.3 Å². The third kappa shape index (κ3) is 9.99. The van der Waals surface area contributed by atoms with Crippen molar-refractivity contribution in [1.29, 1.82) is 0 Å². The van der Waals surface area contributed by atoms with Crippen molar-refractivity contribution < 1.29 is 43.5 Å². The Hall–Kier alpha value is -4.16. The molecule has 0 radical (unpaired) electrons. The minimum atomic E-state index is -1.35. The molecule has 2 aromatic carbocycles. The number of fused-ring (bicyclic) bond motifs is 2. The number of hydrogen-bond acceptors (Lipinski definition) is 10. The molecule has 1 amide bonds. The lowest BCUT2D eigenvalue weighted by molar-refractivity contribution is -0.255. The molecule has 2 aliphatic carbocycles. The molecule has 0 bridgehead atoms. The summed E-state index contributed by atoms with van der Waals surface area (Å²) in [5.41, 5.74) is 3.74. The minimum absolute atomic E-state index is 0.0783. The van der Waals surface area contributed by atoms with Gasteiger partial charge in [-0.3, -0.25) is 4.90 Å². The molecule has 55 heavy (non-hydrogen) atoms. The zero-order valence-corrected chi connectivity index (χ0v) is 32.6. The molecule has 2 aromatic rings. The van der Waals surface area contributed by atoms with Crippen molar-refractivity contribution >= 4 is 11.8 Å². The summed E-state index contributed by atoms with van der Waals surface area (Å²) >= 11 is 0. The monoisotopic (exact) mass is 760 g/mol. The van der Waals surface area contributed by atoms with E-state index < -0.39 is 23.8 Å². The average molecular weight is 761 g/mol. The topological polar surface area (TPSA) is 129 Å². The van der Waals surface area contributed by atoms with Gasteiger partial charge >= 0.3 is 6.09 Å². The standard InChI is InChI=1S/C44H60N2O9/c1-5-21-46(43(49)53-27-26-51-31-32-15-9-8-10-16-32)40-30-38(45-50-4)36-28-33(17-11-13-22-47)35(18-12-14-23-48)41-37-29-34(52-24-6-2)19-20-39(37)55-44(40,42(36)41)54-25-7-3/h6-10,15-16,19-20,28-29,33,35,40-42,47-48H,2-3,5,11-14,17-18,21-27,30-31H2,1,4H3. The maximum absolute atomic E-state index is 14.3. The Bertz CT molecular complexity index is 1600. The van der Waals surface area contributed by atoms with Crippen molar-refractivity contribution in [1.82, 2.24) is 4.90 Å². The Balaban J connectivity index is 1.61. The molecular weight excluding hydrogens is 700 g/mol. The molecule has 6 atom stereocenters. The van der Waals surface area contributed by atoms with Crippen molar-refractivity contribution in [3.63, 3.8) is 0 Å². The van der Waals surface area contributed by atoms with Gasteiger partial charge in [-0.2, -0.15) is 0 Å². The van der Waals surface area contributed by atoms with Crippen LogP contribution in [0.5, 0.6) is 11.5 Å². The summed E-state index contributed by atoms with van der Waals surface area (Å²) in [6.07, 6.45) is 11.0. The molecule has 0 aromatic heterocycles. The van der Waals surface area contributed by atoms with Gasteiger partial charge in [0.2, 0.25) is 5.79 Å². The van der Waals surface area contributed by atoms with Gasteiger partial charge in [-0.15, -0.1) is 6.58 Å². The van der Waals surface area contributed by atoms with Gasteiger partial charge in [0.1, 0.15) is 37.9 Å². The molecule has 11 nitrogen and oxygen atoms in total. The third-order valence-corrected chi connectivity index (χ3v) is 10.9. The van der Waals surface area contributed by atoms with Crippen LogP contribution in [0, 0.1) is 17.8 Å². The number of allylic oxidation sites excluding steroid dienone is 1. The molecule has 11 heteroatoms. The fourth-order valence-electron chi connectivity index (χ4n) is 8.65. The van der Waals surface area contributed by atoms with Gasteiger partial charge in [0, 0.05) is 37.7 Å². The second-order valence-corrected chi connectivity index (χ2v) is 14.4. The van der Waals surface area contributed by atoms with E-state index in [1.807, 2.05) is 49.4 Å². The van der Waals surface area contributed by atoms with Crippen molar-refractivity contribution in [3.05, 3.63) is 96.6 Å². The number of carbonyl (C=O) groups is 1. The lowest BCUT2D eigenvalue weighted by Crippen LogP contribution is -2.70. The Morgan fingerprint density at radius 3 is 2.49 bits per heavy atom. The van der Waals surface area contributed by atoms with Crippen LogP contribution < -0.4 is 9.47 Å². The van der Waals surface area contributed by atoms with E-state index in [2.05, 4.69) is 30.5 Å². The number of unbranched alkanes of at least 4 members (excludes halogenated alkanes) is 2. The molecular formula is C44H60N2O9. The van der Waals surface area contributed by atoms with Gasteiger partial charge in [0.25, 0.3) is 0 Å². The number of amides is 1. The molecule has 1 aliphatic heterocycles. The maximum atomic E-state index is 14.3. The van der Waals surface area contributed by atoms with Crippen molar-refractivity contribution in [3.8, 4) is 11.5 Å². The van der Waals surface area contributed by atoms with Crippen LogP contribution >= 0.6 is 0 Å². The lowest BCUT2D eigenvalue weighted by atomic mass is 9.55. The van der Waals surface area contributed by atoms with E-state index in [1.165, 1.54) is 0 Å². The molecule has 300 valence electrons. The van der Waals surface area contributed by atoms with Crippen LogP contribution in [-0.4, -0.2) is 92.0 Å². The number of benzene rings is 2. The lowest BCUT2D eigenvalue weighted by Gasteiger charge is -2.59. The van der Waals surface area contributed by atoms with E-state index in [9.17, 15) is 15.0 Å². The molecule has 3 aliphatic rings. The highest BCUT2D eigenvalue weighted by Gasteiger charge is 2.65. The van der Waals surface area contributed by atoms with Crippen LogP contribution in [0.15, 0.2) is 90.6 Å². The Labute approximate surface area is 326 Å². The van der Waals surface area contributed by atoms with Crippen LogP contribution in [0.4, 0.5) is 4.79 Å². The van der Waals surface area contributed by atoms with Crippen molar-refractivity contribution in [2.75, 3.05) is 53.3 Å². The van der Waals surface area contributed by atoms with Crippen LogP contribution in [0.2, 0.25) is 0 Å². The predicted molar refractivity (Wildman–Crippen MR) is 212 cm³/mol. The number of rotatable bonds is 23. The summed E-state index contributed by atoms with van der Waals surface area (Å²) in [4.78, 5) is 21.5. The van der Waals surface area contributed by atoms with E-state index in [0.29, 0.717) is 56.9 Å². The number of aliphatic hydroxyl groups is 2. The molecule has 1 fully saturated rings. The van der Waals surface area contributed by atoms with E-state index in [0.717, 1.165) is 48.1 Å². The first kappa shape index (κ1) is 42.0. The molecule has 2 N–H and O–H groups in total. The van der Waals surface area contributed by atoms with Gasteiger partial charge in [-0.1, -0.05) is 80.1 Å². The number of nitrogens with zero attached hydrogens (tertiary/aromatic N) is 2. The second-order valence-electron chi connectivity index (χ2n) is 14.4. The number of hydrogen-bond donors (Lipinski definition) is 2. The molecule has 5 rings (SSSR count). The molecule has 6 unspecified atom stereocenters. The first-order chi connectivity index (χ1) is 27.0. The zero-order chi connectivity index (χ0) is 39.0. The van der Waals surface area contributed by atoms with Crippen LogP contribution in [0.1, 0.15) is 75.3 Å². The third-order valence-electron chi connectivity index (χ3n) is 10.9. The summed E-state index contributed by atoms with van der Waals surface area (Å²) in [5.74, 6) is -0.293. The number of carbonyl (C=O) groups excluding carboxylic acids is 1. The van der Waals surface area contributed by atoms with Crippen LogP contribution in [-0.2, 0) is 25.7 Å². The quantitative estimate of drug-likeness (QED) is 0.0670. The van der Waals surface area contributed by atoms with Crippen LogP contribution in [0.25, 0.3) is 0 Å². The van der Waals surface area contributed by atoms with E-state index in [1.54, 1.807) is 24.2 Å². The van der Waals surface area contributed by atoms with E-state index in [4.69, 9.17) is 28.5 Å². The van der Waals surface area contributed by atoms with Gasteiger partial charge in [0.15, 0.2) is 0 Å². The van der Waals surface area contributed by atoms with Crippen molar-refractivity contribution in [2.24, 2.45) is 22.9 Å². The Kier molecular flexibility index (Phi) is 16.2. The normalized spacial score (nSPS) is 24.5. The second kappa shape index (κ2) is 21.2.